The Balaban J connectivity index is 1.92. The maximum absolute atomic E-state index is 5.84. The Morgan fingerprint density at radius 3 is 2.64 bits per heavy atom. The summed E-state index contributed by atoms with van der Waals surface area (Å²) in [6, 6.07) is 8.86. The summed E-state index contributed by atoms with van der Waals surface area (Å²) in [5.74, 6) is 0. The molecule has 2 heteroatoms. The van der Waals surface area contributed by atoms with E-state index in [1.54, 1.807) is 0 Å². The number of nitrogens with one attached hydrogen (secondary N) is 1. The quantitative estimate of drug-likeness (QED) is 0.790. The van der Waals surface area contributed by atoms with Crippen LogP contribution in [-0.2, 0) is 6.42 Å². The summed E-state index contributed by atoms with van der Waals surface area (Å²) in [7, 11) is 0. The van der Waals surface area contributed by atoms with Crippen LogP contribution >= 0.6 is 11.6 Å². The summed E-state index contributed by atoms with van der Waals surface area (Å²) >= 11 is 5.84. The van der Waals surface area contributed by atoms with Crippen molar-refractivity contribution in [1.29, 1.82) is 0 Å². The van der Waals surface area contributed by atoms with Crippen molar-refractivity contribution in [2.45, 2.75) is 31.7 Å². The van der Waals surface area contributed by atoms with Crippen molar-refractivity contribution in [3.05, 3.63) is 34.9 Å². The molecule has 0 spiro atoms. The molecule has 2 rings (SSSR count). The molecule has 1 aromatic rings. The third kappa shape index (κ3) is 2.73. The van der Waals surface area contributed by atoms with Gasteiger partial charge in [-0.3, -0.25) is 0 Å². The second-order valence-corrected chi connectivity index (χ2v) is 4.41. The molecule has 0 radical (unpaired) electrons. The minimum atomic E-state index is 0.671. The van der Waals surface area contributed by atoms with Gasteiger partial charge in [-0.15, -0.1) is 0 Å². The van der Waals surface area contributed by atoms with Gasteiger partial charge in [-0.25, -0.2) is 0 Å². The van der Waals surface area contributed by atoms with E-state index < -0.39 is 0 Å². The lowest BCUT2D eigenvalue weighted by molar-refractivity contribution is 0.399. The van der Waals surface area contributed by atoms with Crippen LogP contribution in [0.1, 0.15) is 24.8 Å². The standard InChI is InChI=1S/C12H16ClN/c13-11-6-4-10(5-7-11)9-12-3-1-2-8-14-12/h4-7,12,14H,1-3,8-9H2/t12-/m0/s1. The highest BCUT2D eigenvalue weighted by Crippen LogP contribution is 2.15. The number of hydrogen-bond acceptors (Lipinski definition) is 1. The summed E-state index contributed by atoms with van der Waals surface area (Å²) in [6.07, 6.45) is 5.14. The second kappa shape index (κ2) is 4.81. The first-order chi connectivity index (χ1) is 6.84. The van der Waals surface area contributed by atoms with Crippen molar-refractivity contribution in [3.8, 4) is 0 Å². The summed E-state index contributed by atoms with van der Waals surface area (Å²) in [5.41, 5.74) is 1.38. The van der Waals surface area contributed by atoms with Crippen LogP contribution in [0.25, 0.3) is 0 Å². The molecular weight excluding hydrogens is 194 g/mol. The zero-order valence-corrected chi connectivity index (χ0v) is 9.06. The van der Waals surface area contributed by atoms with Crippen molar-refractivity contribution in [1.82, 2.24) is 5.32 Å². The van der Waals surface area contributed by atoms with Gasteiger partial charge in [-0.1, -0.05) is 30.2 Å². The molecule has 1 nitrogen and oxygen atoms in total. The minimum absolute atomic E-state index is 0.671. The topological polar surface area (TPSA) is 12.0 Å². The van der Waals surface area contributed by atoms with Crippen LogP contribution < -0.4 is 5.32 Å². The normalized spacial score (nSPS) is 22.2. The fourth-order valence-corrected chi connectivity index (χ4v) is 2.13. The molecule has 1 aliphatic heterocycles. The number of halogens is 1. The van der Waals surface area contributed by atoms with E-state index in [0.717, 1.165) is 11.4 Å². The summed E-state index contributed by atoms with van der Waals surface area (Å²) in [5, 5.41) is 4.37. The van der Waals surface area contributed by atoms with Crippen LogP contribution in [0.4, 0.5) is 0 Å². The molecule has 1 fully saturated rings. The molecule has 1 atom stereocenters. The highest BCUT2D eigenvalue weighted by molar-refractivity contribution is 6.30. The summed E-state index contributed by atoms with van der Waals surface area (Å²) < 4.78 is 0. The Kier molecular flexibility index (Phi) is 3.44. The number of rotatable bonds is 2. The highest BCUT2D eigenvalue weighted by Gasteiger charge is 2.12. The zero-order chi connectivity index (χ0) is 9.80. The Morgan fingerprint density at radius 1 is 1.21 bits per heavy atom. The van der Waals surface area contributed by atoms with Gasteiger partial charge in [0.15, 0.2) is 0 Å². The average molecular weight is 210 g/mol. The number of piperidine rings is 1. The largest absolute Gasteiger partial charge is 0.314 e. The Morgan fingerprint density at radius 2 is 2.00 bits per heavy atom. The SMILES string of the molecule is Clc1ccc(C[C@@H]2CCCCN2)cc1. The lowest BCUT2D eigenvalue weighted by Gasteiger charge is -2.23. The molecule has 1 aromatic carbocycles. The lowest BCUT2D eigenvalue weighted by Crippen LogP contribution is -2.35. The predicted molar refractivity (Wildman–Crippen MR) is 60.8 cm³/mol. The van der Waals surface area contributed by atoms with Crippen molar-refractivity contribution < 1.29 is 0 Å². The molecule has 0 saturated carbocycles. The lowest BCUT2D eigenvalue weighted by atomic mass is 9.98. The minimum Gasteiger partial charge on any atom is -0.314 e. The fourth-order valence-electron chi connectivity index (χ4n) is 2.00. The number of hydrogen-bond donors (Lipinski definition) is 1. The van der Waals surface area contributed by atoms with Crippen molar-refractivity contribution in [2.24, 2.45) is 0 Å². The van der Waals surface area contributed by atoms with Gasteiger partial charge in [-0.05, 0) is 43.5 Å². The van der Waals surface area contributed by atoms with E-state index in [1.165, 1.54) is 31.4 Å². The van der Waals surface area contributed by atoms with Crippen molar-refractivity contribution in [3.63, 3.8) is 0 Å². The van der Waals surface area contributed by atoms with E-state index in [9.17, 15) is 0 Å². The Bertz CT molecular complexity index is 275. The van der Waals surface area contributed by atoms with Crippen LogP contribution in [0.5, 0.6) is 0 Å². The van der Waals surface area contributed by atoms with E-state index in [4.69, 9.17) is 11.6 Å². The molecule has 0 amide bonds. The van der Waals surface area contributed by atoms with Gasteiger partial charge in [0, 0.05) is 11.1 Å². The van der Waals surface area contributed by atoms with Gasteiger partial charge in [0.25, 0.3) is 0 Å². The molecule has 1 N–H and O–H groups in total. The molecule has 1 heterocycles. The van der Waals surface area contributed by atoms with Crippen molar-refractivity contribution >= 4 is 11.6 Å². The molecule has 1 aliphatic rings. The first kappa shape index (κ1) is 10.0. The van der Waals surface area contributed by atoms with Gasteiger partial charge in [0.2, 0.25) is 0 Å². The maximum Gasteiger partial charge on any atom is 0.0406 e. The third-order valence-corrected chi connectivity index (χ3v) is 3.06. The zero-order valence-electron chi connectivity index (χ0n) is 8.30. The predicted octanol–water partition coefficient (Wildman–Crippen LogP) is 3.02. The van der Waals surface area contributed by atoms with E-state index in [2.05, 4.69) is 17.4 Å². The van der Waals surface area contributed by atoms with Crippen LogP contribution in [0.2, 0.25) is 5.02 Å². The van der Waals surface area contributed by atoms with Crippen molar-refractivity contribution in [2.75, 3.05) is 6.54 Å². The summed E-state index contributed by atoms with van der Waals surface area (Å²) in [6.45, 7) is 1.18. The fraction of sp³-hybridized carbons (Fsp3) is 0.500. The molecule has 1 saturated heterocycles. The van der Waals surface area contributed by atoms with Gasteiger partial charge in [0.05, 0.1) is 0 Å². The van der Waals surface area contributed by atoms with E-state index in [0.29, 0.717) is 6.04 Å². The molecule has 0 aliphatic carbocycles. The molecule has 76 valence electrons. The van der Waals surface area contributed by atoms with Gasteiger partial charge >= 0.3 is 0 Å². The maximum atomic E-state index is 5.84. The van der Waals surface area contributed by atoms with Gasteiger partial charge in [-0.2, -0.15) is 0 Å². The second-order valence-electron chi connectivity index (χ2n) is 3.98. The Hall–Kier alpha value is -0.530. The van der Waals surface area contributed by atoms with Gasteiger partial charge in [0.1, 0.15) is 0 Å². The van der Waals surface area contributed by atoms with E-state index >= 15 is 0 Å². The van der Waals surface area contributed by atoms with Crippen LogP contribution in [0.15, 0.2) is 24.3 Å². The van der Waals surface area contributed by atoms with E-state index in [1.807, 2.05) is 12.1 Å². The molecule has 0 bridgehead atoms. The Labute approximate surface area is 90.5 Å². The molecule has 0 unspecified atom stereocenters. The number of benzene rings is 1. The molecule has 14 heavy (non-hydrogen) atoms. The van der Waals surface area contributed by atoms with E-state index in [-0.39, 0.29) is 0 Å². The van der Waals surface area contributed by atoms with Crippen LogP contribution in [0, 0.1) is 0 Å². The highest BCUT2D eigenvalue weighted by atomic mass is 35.5. The molecular formula is C12H16ClN. The summed E-state index contributed by atoms with van der Waals surface area (Å²) in [4.78, 5) is 0. The first-order valence-corrected chi connectivity index (χ1v) is 5.70. The third-order valence-electron chi connectivity index (χ3n) is 2.81. The smallest absolute Gasteiger partial charge is 0.0406 e. The van der Waals surface area contributed by atoms with Crippen LogP contribution in [0.3, 0.4) is 0 Å². The van der Waals surface area contributed by atoms with Crippen LogP contribution in [-0.4, -0.2) is 12.6 Å². The van der Waals surface area contributed by atoms with Gasteiger partial charge < -0.3 is 5.32 Å². The molecule has 0 aromatic heterocycles. The first-order valence-electron chi connectivity index (χ1n) is 5.32. The average Bonchev–Trinajstić information content (AvgIpc) is 2.23. The monoisotopic (exact) mass is 209 g/mol.